The minimum Gasteiger partial charge on any atom is -0.478 e. The summed E-state index contributed by atoms with van der Waals surface area (Å²) in [7, 11) is 0. The van der Waals surface area contributed by atoms with E-state index in [0.717, 1.165) is 0 Å². The summed E-state index contributed by atoms with van der Waals surface area (Å²) in [6.45, 7) is 0. The van der Waals surface area contributed by atoms with Crippen LogP contribution in [0.3, 0.4) is 0 Å². The zero-order valence-corrected chi connectivity index (χ0v) is 9.57. The molecule has 5 heteroatoms. The summed E-state index contributed by atoms with van der Waals surface area (Å²) in [6.07, 6.45) is 0.662. The Balaban J connectivity index is 2.65. The number of benzene rings is 1. The lowest BCUT2D eigenvalue weighted by Crippen LogP contribution is -2.29. The molecule has 1 atom stereocenters. The monoisotopic (exact) mass is 240 g/mol. The van der Waals surface area contributed by atoms with Gasteiger partial charge in [0, 0.05) is 5.75 Å². The van der Waals surface area contributed by atoms with E-state index in [2.05, 4.69) is 0 Å². The second-order valence-electron chi connectivity index (χ2n) is 3.05. The summed E-state index contributed by atoms with van der Waals surface area (Å²) in [4.78, 5) is 22.3. The van der Waals surface area contributed by atoms with Crippen LogP contribution >= 0.6 is 11.8 Å². The largest absolute Gasteiger partial charge is 0.478 e. The van der Waals surface area contributed by atoms with Gasteiger partial charge in [0.2, 0.25) is 6.10 Å². The van der Waals surface area contributed by atoms with Crippen molar-refractivity contribution in [3.8, 4) is 0 Å². The SMILES string of the molecule is CSCC(OC(=O)c1ccccc1)C(=O)O. The standard InChI is InChI=1S/C11H12O4S/c1-16-7-9(10(12)13)15-11(14)8-5-3-2-4-6-8/h2-6,9H,7H2,1H3,(H,12,13). The van der Waals surface area contributed by atoms with Crippen molar-refractivity contribution < 1.29 is 19.4 Å². The molecule has 0 radical (unpaired) electrons. The van der Waals surface area contributed by atoms with Gasteiger partial charge < -0.3 is 9.84 Å². The van der Waals surface area contributed by atoms with Crippen molar-refractivity contribution in [2.75, 3.05) is 12.0 Å². The van der Waals surface area contributed by atoms with Gasteiger partial charge >= 0.3 is 11.9 Å². The van der Waals surface area contributed by atoms with Gasteiger partial charge in [-0.25, -0.2) is 9.59 Å². The Morgan fingerprint density at radius 2 is 2.00 bits per heavy atom. The Morgan fingerprint density at radius 3 is 2.50 bits per heavy atom. The number of ether oxygens (including phenoxy) is 1. The number of carbonyl (C=O) groups excluding carboxylic acids is 1. The van der Waals surface area contributed by atoms with Gasteiger partial charge in [-0.15, -0.1) is 0 Å². The number of aliphatic carboxylic acids is 1. The van der Waals surface area contributed by atoms with Crippen LogP contribution in [0.25, 0.3) is 0 Å². The molecule has 0 aliphatic carbocycles. The molecule has 1 aromatic rings. The molecule has 0 aromatic heterocycles. The molecule has 0 fully saturated rings. The summed E-state index contributed by atoms with van der Waals surface area (Å²) >= 11 is 1.32. The van der Waals surface area contributed by atoms with Crippen LogP contribution in [0.2, 0.25) is 0 Å². The summed E-state index contributed by atoms with van der Waals surface area (Å²) < 4.78 is 4.88. The van der Waals surface area contributed by atoms with Gasteiger partial charge in [-0.05, 0) is 18.4 Å². The highest BCUT2D eigenvalue weighted by Gasteiger charge is 2.22. The maximum absolute atomic E-state index is 11.5. The van der Waals surface area contributed by atoms with E-state index in [4.69, 9.17) is 9.84 Å². The van der Waals surface area contributed by atoms with Crippen LogP contribution in [0.15, 0.2) is 30.3 Å². The average molecular weight is 240 g/mol. The Kier molecular flexibility index (Phi) is 4.85. The van der Waals surface area contributed by atoms with E-state index in [1.807, 2.05) is 0 Å². The molecule has 16 heavy (non-hydrogen) atoms. The van der Waals surface area contributed by atoms with E-state index >= 15 is 0 Å². The number of hydrogen-bond acceptors (Lipinski definition) is 4. The summed E-state index contributed by atoms with van der Waals surface area (Å²) in [6, 6.07) is 8.33. The number of carboxylic acid groups (broad SMARTS) is 1. The molecule has 0 aliphatic rings. The first-order chi connectivity index (χ1) is 7.65. The minimum absolute atomic E-state index is 0.244. The molecular weight excluding hydrogens is 228 g/mol. The fourth-order valence-corrected chi connectivity index (χ4v) is 1.59. The Labute approximate surface area is 97.6 Å². The fourth-order valence-electron chi connectivity index (χ4n) is 1.08. The molecule has 1 aromatic carbocycles. The van der Waals surface area contributed by atoms with E-state index in [-0.39, 0.29) is 5.75 Å². The third-order valence-electron chi connectivity index (χ3n) is 1.85. The van der Waals surface area contributed by atoms with Crippen molar-refractivity contribution in [2.24, 2.45) is 0 Å². The van der Waals surface area contributed by atoms with Crippen molar-refractivity contribution >= 4 is 23.7 Å². The van der Waals surface area contributed by atoms with E-state index in [1.165, 1.54) is 11.8 Å². The van der Waals surface area contributed by atoms with Crippen LogP contribution in [-0.2, 0) is 9.53 Å². The zero-order valence-electron chi connectivity index (χ0n) is 8.75. The fraction of sp³-hybridized carbons (Fsp3) is 0.273. The highest BCUT2D eigenvalue weighted by Crippen LogP contribution is 2.07. The minimum atomic E-state index is -1.13. The third kappa shape index (κ3) is 3.58. The summed E-state index contributed by atoms with van der Waals surface area (Å²) in [5, 5.41) is 8.81. The van der Waals surface area contributed by atoms with Crippen LogP contribution in [0, 0.1) is 0 Å². The Hall–Kier alpha value is -1.49. The smallest absolute Gasteiger partial charge is 0.345 e. The molecule has 4 nitrogen and oxygen atoms in total. The number of carboxylic acids is 1. The van der Waals surface area contributed by atoms with Gasteiger partial charge in [-0.2, -0.15) is 11.8 Å². The van der Waals surface area contributed by atoms with Crippen molar-refractivity contribution in [3.05, 3.63) is 35.9 Å². The molecule has 86 valence electrons. The van der Waals surface area contributed by atoms with E-state index in [1.54, 1.807) is 36.6 Å². The van der Waals surface area contributed by atoms with E-state index < -0.39 is 18.0 Å². The number of rotatable bonds is 5. The molecule has 0 saturated carbocycles. The van der Waals surface area contributed by atoms with Crippen molar-refractivity contribution in [1.29, 1.82) is 0 Å². The molecule has 0 amide bonds. The second-order valence-corrected chi connectivity index (χ2v) is 3.96. The van der Waals surface area contributed by atoms with Crippen LogP contribution in [0.1, 0.15) is 10.4 Å². The van der Waals surface area contributed by atoms with Gasteiger partial charge in [0.05, 0.1) is 5.56 Å². The lowest BCUT2D eigenvalue weighted by Gasteiger charge is -2.12. The normalized spacial score (nSPS) is 11.8. The predicted molar refractivity (Wildman–Crippen MR) is 61.7 cm³/mol. The van der Waals surface area contributed by atoms with Crippen LogP contribution in [0.4, 0.5) is 0 Å². The molecule has 0 bridgehead atoms. The first kappa shape index (κ1) is 12.6. The topological polar surface area (TPSA) is 63.6 Å². The third-order valence-corrected chi connectivity index (χ3v) is 2.49. The summed E-state index contributed by atoms with van der Waals surface area (Å²) in [5.74, 6) is -1.49. The number of esters is 1. The number of thioether (sulfide) groups is 1. The lowest BCUT2D eigenvalue weighted by atomic mass is 10.2. The first-order valence-electron chi connectivity index (χ1n) is 4.63. The van der Waals surface area contributed by atoms with Crippen LogP contribution < -0.4 is 0 Å². The molecule has 0 aliphatic heterocycles. The van der Waals surface area contributed by atoms with Gasteiger partial charge in [0.25, 0.3) is 0 Å². The Bertz CT molecular complexity index is 364. The molecule has 0 spiro atoms. The van der Waals surface area contributed by atoms with E-state index in [9.17, 15) is 9.59 Å². The second kappa shape index (κ2) is 6.17. The molecule has 1 rings (SSSR count). The Morgan fingerprint density at radius 1 is 1.38 bits per heavy atom. The van der Waals surface area contributed by atoms with Crippen LogP contribution in [0.5, 0.6) is 0 Å². The summed E-state index contributed by atoms with van der Waals surface area (Å²) in [5.41, 5.74) is 0.356. The van der Waals surface area contributed by atoms with Gasteiger partial charge in [-0.1, -0.05) is 18.2 Å². The van der Waals surface area contributed by atoms with Crippen molar-refractivity contribution in [2.45, 2.75) is 6.10 Å². The van der Waals surface area contributed by atoms with Gasteiger partial charge in [0.1, 0.15) is 0 Å². The molecule has 1 N–H and O–H groups in total. The molecule has 1 unspecified atom stereocenters. The van der Waals surface area contributed by atoms with Crippen molar-refractivity contribution in [3.63, 3.8) is 0 Å². The van der Waals surface area contributed by atoms with Crippen LogP contribution in [-0.4, -0.2) is 35.2 Å². The van der Waals surface area contributed by atoms with Gasteiger partial charge in [-0.3, -0.25) is 0 Å². The zero-order chi connectivity index (χ0) is 12.0. The average Bonchev–Trinajstić information content (AvgIpc) is 2.29. The molecular formula is C11H12O4S. The highest BCUT2D eigenvalue weighted by molar-refractivity contribution is 7.98. The number of carbonyl (C=O) groups is 2. The molecule has 0 heterocycles. The maximum Gasteiger partial charge on any atom is 0.345 e. The number of hydrogen-bond donors (Lipinski definition) is 1. The quantitative estimate of drug-likeness (QED) is 0.793. The van der Waals surface area contributed by atoms with Crippen molar-refractivity contribution in [1.82, 2.24) is 0 Å². The highest BCUT2D eigenvalue weighted by atomic mass is 32.2. The van der Waals surface area contributed by atoms with Gasteiger partial charge in [0.15, 0.2) is 0 Å². The predicted octanol–water partition coefficient (Wildman–Crippen LogP) is 1.66. The van der Waals surface area contributed by atoms with E-state index in [0.29, 0.717) is 5.56 Å². The first-order valence-corrected chi connectivity index (χ1v) is 6.02. The maximum atomic E-state index is 11.5. The molecule has 0 saturated heterocycles. The lowest BCUT2D eigenvalue weighted by molar-refractivity contribution is -0.145.